The van der Waals surface area contributed by atoms with Gasteiger partial charge in [-0.15, -0.1) is 0 Å². The monoisotopic (exact) mass is 337 g/mol. The Morgan fingerprint density at radius 2 is 1.82 bits per heavy atom. The molecule has 1 atom stereocenters. The lowest BCUT2D eigenvalue weighted by Gasteiger charge is -2.26. The first-order valence-electron chi connectivity index (χ1n) is 7.06. The molecule has 0 saturated carbocycles. The van der Waals surface area contributed by atoms with Crippen LogP contribution in [0.3, 0.4) is 0 Å². The Kier molecular flexibility index (Phi) is 5.83. The number of benzene rings is 2. The summed E-state index contributed by atoms with van der Waals surface area (Å²) in [7, 11) is 1.81. The lowest BCUT2D eigenvalue weighted by molar-refractivity contribution is -0.378. The summed E-state index contributed by atoms with van der Waals surface area (Å²) in [6.45, 7) is 0.619. The molecule has 0 bridgehead atoms. The summed E-state index contributed by atoms with van der Waals surface area (Å²) in [5, 5.41) is 0.956. The number of nitrogens with zero attached hydrogens (tertiary/aromatic N) is 1. The molecule has 0 fully saturated rings. The maximum absolute atomic E-state index is 12.5. The van der Waals surface area contributed by atoms with Gasteiger partial charge in [0.15, 0.2) is 0 Å². The molecule has 116 valence electrons. The molecule has 0 radical (unpaired) electrons. The molecule has 22 heavy (non-hydrogen) atoms. The van der Waals surface area contributed by atoms with Crippen LogP contribution in [0.2, 0.25) is 10.0 Å². The van der Waals surface area contributed by atoms with E-state index in [-0.39, 0.29) is 18.4 Å². The van der Waals surface area contributed by atoms with Crippen LogP contribution >= 0.6 is 23.2 Å². The van der Waals surface area contributed by atoms with Gasteiger partial charge in [-0.3, -0.25) is 4.79 Å². The van der Waals surface area contributed by atoms with E-state index in [0.717, 1.165) is 11.1 Å². The van der Waals surface area contributed by atoms with Gasteiger partial charge in [-0.05, 0) is 23.3 Å². The van der Waals surface area contributed by atoms with Crippen molar-refractivity contribution < 1.29 is 10.5 Å². The molecule has 0 aromatic heterocycles. The number of carbonyl (C=O) groups excluding carboxylic acids is 1. The van der Waals surface area contributed by atoms with Crippen molar-refractivity contribution in [2.45, 2.75) is 12.5 Å². The zero-order valence-corrected chi connectivity index (χ0v) is 13.9. The van der Waals surface area contributed by atoms with E-state index in [1.54, 1.807) is 17.0 Å². The van der Waals surface area contributed by atoms with Gasteiger partial charge in [0.1, 0.15) is 6.04 Å². The van der Waals surface area contributed by atoms with Gasteiger partial charge in [0.25, 0.3) is 0 Å². The number of hydrogen-bond donors (Lipinski definition) is 1. The number of hydrogen-bond acceptors (Lipinski definition) is 1. The smallest absolute Gasteiger partial charge is 0.227 e. The fraction of sp³-hybridized carbons (Fsp3) is 0.235. The normalized spacial score (nSPS) is 12.0. The second-order valence-corrected chi connectivity index (χ2v) is 5.96. The second-order valence-electron chi connectivity index (χ2n) is 5.15. The number of quaternary nitrogens is 1. The average Bonchev–Trinajstić information content (AvgIpc) is 2.52. The van der Waals surface area contributed by atoms with Crippen LogP contribution in [0.1, 0.15) is 17.2 Å². The van der Waals surface area contributed by atoms with Crippen LogP contribution in [0.15, 0.2) is 48.5 Å². The van der Waals surface area contributed by atoms with E-state index >= 15 is 0 Å². The van der Waals surface area contributed by atoms with Crippen LogP contribution in [-0.4, -0.2) is 24.4 Å². The van der Waals surface area contributed by atoms with E-state index in [2.05, 4.69) is 5.73 Å². The van der Waals surface area contributed by atoms with Crippen LogP contribution in [0, 0.1) is 0 Å². The van der Waals surface area contributed by atoms with Crippen LogP contribution in [0.5, 0.6) is 0 Å². The maximum atomic E-state index is 12.5. The Labute approximate surface area is 140 Å². The average molecular weight is 338 g/mol. The lowest BCUT2D eigenvalue weighted by atomic mass is 10.0. The minimum Gasteiger partial charge on any atom is -0.356 e. The molecule has 1 amide bonds. The quantitative estimate of drug-likeness (QED) is 0.895. The number of carbonyl (C=O) groups is 1. The van der Waals surface area contributed by atoms with E-state index in [1.807, 2.05) is 43.4 Å². The van der Waals surface area contributed by atoms with Gasteiger partial charge in [-0.25, -0.2) is 0 Å². The Hall–Kier alpha value is -1.55. The van der Waals surface area contributed by atoms with E-state index < -0.39 is 0 Å². The standard InChI is InChI=1S/C17H18Cl2N2O/c1-21(16(11-20)13-5-3-2-4-6-13)17(22)10-12-7-8-14(18)15(19)9-12/h2-9,16H,10-11,20H2,1H3/p+1/t16-/m1/s1. The maximum Gasteiger partial charge on any atom is 0.227 e. The van der Waals surface area contributed by atoms with Gasteiger partial charge in [0.2, 0.25) is 5.91 Å². The van der Waals surface area contributed by atoms with Gasteiger partial charge in [-0.2, -0.15) is 0 Å². The first-order chi connectivity index (χ1) is 10.5. The molecule has 2 rings (SSSR count). The predicted octanol–water partition coefficient (Wildman–Crippen LogP) is 2.98. The van der Waals surface area contributed by atoms with Crippen molar-refractivity contribution in [2.75, 3.05) is 13.6 Å². The van der Waals surface area contributed by atoms with Crippen molar-refractivity contribution >= 4 is 29.1 Å². The summed E-state index contributed by atoms with van der Waals surface area (Å²) in [6.07, 6.45) is 0.288. The van der Waals surface area contributed by atoms with Gasteiger partial charge in [0, 0.05) is 7.05 Å². The fourth-order valence-corrected chi connectivity index (χ4v) is 2.70. The second kappa shape index (κ2) is 7.63. The fourth-order valence-electron chi connectivity index (χ4n) is 2.38. The molecular weight excluding hydrogens is 319 g/mol. The summed E-state index contributed by atoms with van der Waals surface area (Å²) < 4.78 is 0. The summed E-state index contributed by atoms with van der Waals surface area (Å²) in [6, 6.07) is 15.2. The summed E-state index contributed by atoms with van der Waals surface area (Å²) in [4.78, 5) is 14.2. The minimum absolute atomic E-state index is 0.0240. The molecule has 0 heterocycles. The van der Waals surface area contributed by atoms with E-state index in [4.69, 9.17) is 23.2 Å². The highest BCUT2D eigenvalue weighted by Crippen LogP contribution is 2.24. The molecular formula is C17H19Cl2N2O+. The molecule has 0 saturated heterocycles. The third kappa shape index (κ3) is 4.01. The first kappa shape index (κ1) is 16.8. The Morgan fingerprint density at radius 3 is 2.41 bits per heavy atom. The molecule has 2 aromatic carbocycles. The molecule has 0 aliphatic rings. The van der Waals surface area contributed by atoms with Crippen LogP contribution in [0.25, 0.3) is 0 Å². The number of likely N-dealkylation sites (N-methyl/N-ethyl adjacent to an activating group) is 1. The Morgan fingerprint density at radius 1 is 1.14 bits per heavy atom. The highest BCUT2D eigenvalue weighted by Gasteiger charge is 2.22. The van der Waals surface area contributed by atoms with Crippen molar-refractivity contribution in [3.8, 4) is 0 Å². The Balaban J connectivity index is 2.12. The number of rotatable bonds is 5. The van der Waals surface area contributed by atoms with Crippen molar-refractivity contribution in [3.05, 3.63) is 69.7 Å². The zero-order valence-electron chi connectivity index (χ0n) is 12.4. The van der Waals surface area contributed by atoms with Gasteiger partial charge in [-0.1, -0.05) is 59.6 Å². The van der Waals surface area contributed by atoms with Crippen LogP contribution in [0.4, 0.5) is 0 Å². The van der Waals surface area contributed by atoms with E-state index in [1.165, 1.54) is 0 Å². The highest BCUT2D eigenvalue weighted by atomic mass is 35.5. The molecule has 0 aliphatic carbocycles. The molecule has 0 unspecified atom stereocenters. The Bertz CT molecular complexity index is 646. The van der Waals surface area contributed by atoms with Crippen molar-refractivity contribution in [3.63, 3.8) is 0 Å². The van der Waals surface area contributed by atoms with Crippen molar-refractivity contribution in [2.24, 2.45) is 0 Å². The first-order valence-corrected chi connectivity index (χ1v) is 7.82. The third-order valence-corrected chi connectivity index (χ3v) is 4.40. The molecule has 2 aromatic rings. The molecule has 5 heteroatoms. The van der Waals surface area contributed by atoms with Crippen LogP contribution < -0.4 is 5.73 Å². The topological polar surface area (TPSA) is 48.0 Å². The minimum atomic E-state index is -0.0310. The van der Waals surface area contributed by atoms with E-state index in [9.17, 15) is 4.79 Å². The van der Waals surface area contributed by atoms with Crippen molar-refractivity contribution in [1.82, 2.24) is 4.90 Å². The van der Waals surface area contributed by atoms with Crippen molar-refractivity contribution in [1.29, 1.82) is 0 Å². The lowest BCUT2D eigenvalue weighted by Crippen LogP contribution is -2.56. The largest absolute Gasteiger partial charge is 0.356 e. The zero-order chi connectivity index (χ0) is 16.1. The van der Waals surface area contributed by atoms with Gasteiger partial charge < -0.3 is 10.6 Å². The predicted molar refractivity (Wildman–Crippen MR) is 89.9 cm³/mol. The van der Waals surface area contributed by atoms with Gasteiger partial charge >= 0.3 is 0 Å². The van der Waals surface area contributed by atoms with Crippen LogP contribution in [-0.2, 0) is 11.2 Å². The summed E-state index contributed by atoms with van der Waals surface area (Å²) >= 11 is 11.9. The third-order valence-electron chi connectivity index (χ3n) is 3.66. The summed E-state index contributed by atoms with van der Waals surface area (Å²) in [5.41, 5.74) is 5.90. The number of amides is 1. The summed E-state index contributed by atoms with van der Waals surface area (Å²) in [5.74, 6) is 0.0240. The van der Waals surface area contributed by atoms with Gasteiger partial charge in [0.05, 0.1) is 23.0 Å². The molecule has 0 spiro atoms. The number of halogens is 2. The molecule has 0 aliphatic heterocycles. The molecule has 3 nitrogen and oxygen atoms in total. The highest BCUT2D eigenvalue weighted by molar-refractivity contribution is 6.42. The SMILES string of the molecule is CN(C(=O)Cc1ccc(Cl)c(Cl)c1)[C@H](C[NH3+])c1ccccc1. The van der Waals surface area contributed by atoms with E-state index in [0.29, 0.717) is 16.6 Å². The molecule has 3 N–H and O–H groups in total.